The molecule has 0 radical (unpaired) electrons. The van der Waals surface area contributed by atoms with Crippen LogP contribution in [0.25, 0.3) is 0 Å². The molecule has 0 aliphatic rings. The van der Waals surface area contributed by atoms with Gasteiger partial charge in [0, 0.05) is 3.57 Å². The number of aryl methyl sites for hydroxylation is 1. The molecule has 0 aliphatic carbocycles. The first kappa shape index (κ1) is 16.3. The van der Waals surface area contributed by atoms with E-state index in [0.29, 0.717) is 5.75 Å². The third-order valence-corrected chi connectivity index (χ3v) is 4.76. The Morgan fingerprint density at radius 3 is 2.19 bits per heavy atom. The second-order valence-corrected chi connectivity index (χ2v) is 7.25. The molecule has 0 atom stereocenters. The van der Waals surface area contributed by atoms with Crippen LogP contribution in [0, 0.1) is 10.5 Å². The van der Waals surface area contributed by atoms with Crippen molar-refractivity contribution in [1.82, 2.24) is 0 Å². The molecule has 112 valence electrons. The third-order valence-electron chi connectivity index (χ3n) is 2.71. The average Bonchev–Trinajstić information content (AvgIpc) is 2.46. The highest BCUT2D eigenvalue weighted by Crippen LogP contribution is 2.15. The molecule has 0 heterocycles. The number of rotatable bonds is 6. The van der Waals surface area contributed by atoms with Crippen LogP contribution in [0.1, 0.15) is 5.56 Å². The maximum Gasteiger partial charge on any atom is 0.297 e. The molecular weight excluding hydrogens is 403 g/mol. The largest absolute Gasteiger partial charge is 0.491 e. The van der Waals surface area contributed by atoms with Gasteiger partial charge in [0.05, 0.1) is 4.90 Å². The van der Waals surface area contributed by atoms with Gasteiger partial charge in [-0.15, -0.1) is 0 Å². The lowest BCUT2D eigenvalue weighted by atomic mass is 10.2. The van der Waals surface area contributed by atoms with E-state index in [1.165, 1.54) is 12.1 Å². The second-order valence-electron chi connectivity index (χ2n) is 4.39. The Bertz CT molecular complexity index is 679. The highest BCUT2D eigenvalue weighted by Gasteiger charge is 2.14. The first-order chi connectivity index (χ1) is 9.97. The standard InChI is InChI=1S/C15H15IO4S/c1-12-2-8-15(9-3-12)21(17,18)20-11-10-19-14-6-4-13(16)5-7-14/h2-9H,10-11H2,1H3. The van der Waals surface area contributed by atoms with Crippen molar-refractivity contribution in [3.05, 3.63) is 57.7 Å². The van der Waals surface area contributed by atoms with Gasteiger partial charge < -0.3 is 4.74 Å². The Labute approximate surface area is 138 Å². The summed E-state index contributed by atoms with van der Waals surface area (Å²) in [5.41, 5.74) is 0.996. The van der Waals surface area contributed by atoms with E-state index in [1.807, 2.05) is 31.2 Å². The van der Waals surface area contributed by atoms with Crippen molar-refractivity contribution in [2.75, 3.05) is 13.2 Å². The smallest absolute Gasteiger partial charge is 0.297 e. The fourth-order valence-corrected chi connectivity index (χ4v) is 2.86. The molecule has 21 heavy (non-hydrogen) atoms. The fourth-order valence-electron chi connectivity index (χ4n) is 1.61. The summed E-state index contributed by atoms with van der Waals surface area (Å²) in [4.78, 5) is 0.155. The van der Waals surface area contributed by atoms with E-state index in [9.17, 15) is 8.42 Å². The SMILES string of the molecule is Cc1ccc(S(=O)(=O)OCCOc2ccc(I)cc2)cc1. The van der Waals surface area contributed by atoms with Crippen LogP contribution in [-0.4, -0.2) is 21.6 Å². The van der Waals surface area contributed by atoms with Crippen molar-refractivity contribution < 1.29 is 17.3 Å². The molecular formula is C15H15IO4S. The summed E-state index contributed by atoms with van der Waals surface area (Å²) in [6.07, 6.45) is 0. The van der Waals surface area contributed by atoms with E-state index in [0.717, 1.165) is 9.13 Å². The van der Waals surface area contributed by atoms with Crippen molar-refractivity contribution in [2.45, 2.75) is 11.8 Å². The van der Waals surface area contributed by atoms with Gasteiger partial charge >= 0.3 is 0 Å². The summed E-state index contributed by atoms with van der Waals surface area (Å²) in [5.74, 6) is 0.687. The predicted octanol–water partition coefficient (Wildman–Crippen LogP) is 3.38. The molecule has 2 aromatic rings. The molecule has 0 unspecified atom stereocenters. The quantitative estimate of drug-likeness (QED) is 0.410. The van der Waals surface area contributed by atoms with E-state index in [2.05, 4.69) is 22.6 Å². The summed E-state index contributed by atoms with van der Waals surface area (Å²) < 4.78 is 35.3. The van der Waals surface area contributed by atoms with Crippen LogP contribution >= 0.6 is 22.6 Å². The van der Waals surface area contributed by atoms with E-state index >= 15 is 0 Å². The minimum atomic E-state index is -3.72. The van der Waals surface area contributed by atoms with Gasteiger partial charge in [0.2, 0.25) is 0 Å². The van der Waals surface area contributed by atoms with Crippen LogP contribution in [0.5, 0.6) is 5.75 Å². The van der Waals surface area contributed by atoms with E-state index in [-0.39, 0.29) is 18.1 Å². The zero-order valence-electron chi connectivity index (χ0n) is 11.5. The molecule has 0 saturated heterocycles. The molecule has 0 aliphatic heterocycles. The minimum absolute atomic E-state index is 0.0256. The van der Waals surface area contributed by atoms with Crippen LogP contribution in [0.15, 0.2) is 53.4 Å². The van der Waals surface area contributed by atoms with Crippen LogP contribution in [0.3, 0.4) is 0 Å². The topological polar surface area (TPSA) is 52.6 Å². The molecule has 0 bridgehead atoms. The Kier molecular flexibility index (Phi) is 5.60. The Hall–Kier alpha value is -1.12. The summed E-state index contributed by atoms with van der Waals surface area (Å²) >= 11 is 2.20. The monoisotopic (exact) mass is 418 g/mol. The molecule has 0 spiro atoms. The lowest BCUT2D eigenvalue weighted by Gasteiger charge is -2.08. The maximum absolute atomic E-state index is 11.9. The average molecular weight is 418 g/mol. The van der Waals surface area contributed by atoms with Crippen LogP contribution in [0.2, 0.25) is 0 Å². The van der Waals surface area contributed by atoms with Crippen LogP contribution in [-0.2, 0) is 14.3 Å². The normalized spacial score (nSPS) is 11.3. The maximum atomic E-state index is 11.9. The molecule has 2 aromatic carbocycles. The van der Waals surface area contributed by atoms with Gasteiger partial charge in [-0.25, -0.2) is 0 Å². The summed E-state index contributed by atoms with van der Waals surface area (Å²) in [6.45, 7) is 2.04. The van der Waals surface area contributed by atoms with Crippen molar-refractivity contribution in [3.8, 4) is 5.75 Å². The Morgan fingerprint density at radius 1 is 0.952 bits per heavy atom. The lowest BCUT2D eigenvalue weighted by Crippen LogP contribution is -2.13. The van der Waals surface area contributed by atoms with E-state index < -0.39 is 10.1 Å². The first-order valence-electron chi connectivity index (χ1n) is 6.32. The number of hydrogen-bond acceptors (Lipinski definition) is 4. The molecule has 0 amide bonds. The van der Waals surface area contributed by atoms with Gasteiger partial charge in [0.25, 0.3) is 10.1 Å². The summed E-state index contributed by atoms with van der Waals surface area (Å²) in [7, 11) is -3.72. The molecule has 2 rings (SSSR count). The second kappa shape index (κ2) is 7.24. The van der Waals surface area contributed by atoms with Crippen molar-refractivity contribution in [1.29, 1.82) is 0 Å². The van der Waals surface area contributed by atoms with Gasteiger partial charge in [-0.2, -0.15) is 8.42 Å². The van der Waals surface area contributed by atoms with Gasteiger partial charge in [0.1, 0.15) is 19.0 Å². The number of hydrogen-bond donors (Lipinski definition) is 0. The first-order valence-corrected chi connectivity index (χ1v) is 8.80. The zero-order chi connectivity index (χ0) is 15.3. The molecule has 0 N–H and O–H groups in total. The highest BCUT2D eigenvalue weighted by molar-refractivity contribution is 14.1. The molecule has 6 heteroatoms. The lowest BCUT2D eigenvalue weighted by molar-refractivity contribution is 0.221. The van der Waals surface area contributed by atoms with Gasteiger partial charge in [-0.05, 0) is 65.9 Å². The van der Waals surface area contributed by atoms with Crippen molar-refractivity contribution in [3.63, 3.8) is 0 Å². The van der Waals surface area contributed by atoms with Gasteiger partial charge in [0.15, 0.2) is 0 Å². The minimum Gasteiger partial charge on any atom is -0.491 e. The van der Waals surface area contributed by atoms with E-state index in [4.69, 9.17) is 8.92 Å². The van der Waals surface area contributed by atoms with Crippen LogP contribution in [0.4, 0.5) is 0 Å². The van der Waals surface area contributed by atoms with E-state index in [1.54, 1.807) is 12.1 Å². The Balaban J connectivity index is 1.85. The van der Waals surface area contributed by atoms with Crippen LogP contribution < -0.4 is 4.74 Å². The summed E-state index contributed by atoms with van der Waals surface area (Å²) in [5, 5.41) is 0. The molecule has 0 saturated carbocycles. The van der Waals surface area contributed by atoms with Gasteiger partial charge in [-0.1, -0.05) is 17.7 Å². The molecule has 0 fully saturated rings. The fraction of sp³-hybridized carbons (Fsp3) is 0.200. The third kappa shape index (κ3) is 4.98. The predicted molar refractivity (Wildman–Crippen MR) is 89.0 cm³/mol. The van der Waals surface area contributed by atoms with Crippen molar-refractivity contribution >= 4 is 32.7 Å². The van der Waals surface area contributed by atoms with Crippen molar-refractivity contribution in [2.24, 2.45) is 0 Å². The zero-order valence-corrected chi connectivity index (χ0v) is 14.4. The summed E-state index contributed by atoms with van der Waals surface area (Å²) in [6, 6.07) is 14.0. The van der Waals surface area contributed by atoms with Gasteiger partial charge in [-0.3, -0.25) is 4.18 Å². The Morgan fingerprint density at radius 2 is 1.57 bits per heavy atom. The number of halogens is 1. The highest BCUT2D eigenvalue weighted by atomic mass is 127. The molecule has 0 aromatic heterocycles. The number of benzene rings is 2. The molecule has 4 nitrogen and oxygen atoms in total. The number of ether oxygens (including phenoxy) is 1.